The van der Waals surface area contributed by atoms with Crippen LogP contribution in [0.1, 0.15) is 44.1 Å². The summed E-state index contributed by atoms with van der Waals surface area (Å²) < 4.78 is 0. The minimum atomic E-state index is 0.249. The molecule has 0 aromatic heterocycles. The lowest BCUT2D eigenvalue weighted by atomic mass is 10.0. The van der Waals surface area contributed by atoms with E-state index in [-0.39, 0.29) is 5.91 Å². The summed E-state index contributed by atoms with van der Waals surface area (Å²) in [6.45, 7) is 0. The van der Waals surface area contributed by atoms with Crippen molar-refractivity contribution in [3.8, 4) is 0 Å². The van der Waals surface area contributed by atoms with E-state index >= 15 is 0 Å². The molecule has 0 fully saturated rings. The summed E-state index contributed by atoms with van der Waals surface area (Å²) in [5.41, 5.74) is 1.43. The van der Waals surface area contributed by atoms with Gasteiger partial charge in [0.05, 0.1) is 0 Å². The van der Waals surface area contributed by atoms with Gasteiger partial charge in [-0.15, -0.1) is 0 Å². The monoisotopic (exact) mass is 247 g/mol. The molecule has 2 nitrogen and oxygen atoms in total. The second-order valence-electron chi connectivity index (χ2n) is 5.04. The van der Waals surface area contributed by atoms with Gasteiger partial charge in [-0.3, -0.25) is 4.79 Å². The van der Waals surface area contributed by atoms with Crippen molar-refractivity contribution in [2.75, 3.05) is 14.1 Å². The summed E-state index contributed by atoms with van der Waals surface area (Å²) in [4.78, 5) is 13.0. The van der Waals surface area contributed by atoms with E-state index in [1.807, 2.05) is 14.1 Å². The highest BCUT2D eigenvalue weighted by Crippen LogP contribution is 2.10. The van der Waals surface area contributed by atoms with Crippen LogP contribution in [0.2, 0.25) is 0 Å². The molecule has 0 aliphatic heterocycles. The van der Waals surface area contributed by atoms with Gasteiger partial charge in [0, 0.05) is 20.5 Å². The maximum Gasteiger partial charge on any atom is 0.222 e. The van der Waals surface area contributed by atoms with Crippen LogP contribution in [0, 0.1) is 0 Å². The number of unbranched alkanes of at least 4 members (excludes halogenated alkanes) is 4. The van der Waals surface area contributed by atoms with Crippen LogP contribution >= 0.6 is 0 Å². The molecule has 0 heterocycles. The van der Waals surface area contributed by atoms with Gasteiger partial charge in [-0.05, 0) is 24.8 Å². The van der Waals surface area contributed by atoms with Gasteiger partial charge in [-0.25, -0.2) is 0 Å². The van der Waals surface area contributed by atoms with Crippen molar-refractivity contribution >= 4 is 5.91 Å². The molecule has 1 aromatic rings. The Morgan fingerprint density at radius 3 is 2.22 bits per heavy atom. The third kappa shape index (κ3) is 6.43. The van der Waals surface area contributed by atoms with Gasteiger partial charge >= 0.3 is 0 Å². The minimum Gasteiger partial charge on any atom is -0.349 e. The first-order valence-electron chi connectivity index (χ1n) is 6.94. The summed E-state index contributed by atoms with van der Waals surface area (Å²) in [5, 5.41) is 0. The zero-order chi connectivity index (χ0) is 13.2. The Labute approximate surface area is 111 Å². The van der Waals surface area contributed by atoms with E-state index in [2.05, 4.69) is 30.3 Å². The van der Waals surface area contributed by atoms with Crippen LogP contribution < -0.4 is 0 Å². The predicted molar refractivity (Wildman–Crippen MR) is 76.5 cm³/mol. The minimum absolute atomic E-state index is 0.249. The van der Waals surface area contributed by atoms with Crippen LogP contribution in [0.4, 0.5) is 0 Å². The van der Waals surface area contributed by atoms with Gasteiger partial charge in [-0.2, -0.15) is 0 Å². The maximum absolute atomic E-state index is 11.3. The van der Waals surface area contributed by atoms with Gasteiger partial charge in [-0.1, -0.05) is 49.6 Å². The van der Waals surface area contributed by atoms with E-state index in [9.17, 15) is 4.79 Å². The molecule has 0 radical (unpaired) electrons. The Bertz CT molecular complexity index is 332. The average molecular weight is 247 g/mol. The Morgan fingerprint density at radius 2 is 1.56 bits per heavy atom. The van der Waals surface area contributed by atoms with E-state index < -0.39 is 0 Å². The fourth-order valence-corrected chi connectivity index (χ4v) is 2.00. The van der Waals surface area contributed by atoms with E-state index in [4.69, 9.17) is 0 Å². The molecule has 0 saturated carbocycles. The van der Waals surface area contributed by atoms with E-state index in [0.717, 1.165) is 6.42 Å². The summed E-state index contributed by atoms with van der Waals surface area (Å²) >= 11 is 0. The maximum atomic E-state index is 11.3. The van der Waals surface area contributed by atoms with Crippen LogP contribution in [0.3, 0.4) is 0 Å². The van der Waals surface area contributed by atoms with E-state index in [1.165, 1.54) is 37.7 Å². The lowest BCUT2D eigenvalue weighted by Gasteiger charge is -2.09. The van der Waals surface area contributed by atoms with E-state index in [1.54, 1.807) is 4.90 Å². The van der Waals surface area contributed by atoms with Gasteiger partial charge in [0.25, 0.3) is 0 Å². The Balaban J connectivity index is 1.95. The van der Waals surface area contributed by atoms with Crippen molar-refractivity contribution in [3.05, 3.63) is 35.9 Å². The quantitative estimate of drug-likeness (QED) is 0.642. The molecular weight excluding hydrogens is 222 g/mol. The summed E-state index contributed by atoms with van der Waals surface area (Å²) in [7, 11) is 3.64. The molecule has 18 heavy (non-hydrogen) atoms. The third-order valence-electron chi connectivity index (χ3n) is 3.20. The summed E-state index contributed by atoms with van der Waals surface area (Å²) in [5.74, 6) is 0.249. The first-order valence-corrected chi connectivity index (χ1v) is 6.94. The van der Waals surface area contributed by atoms with Gasteiger partial charge in [0.15, 0.2) is 0 Å². The highest BCUT2D eigenvalue weighted by molar-refractivity contribution is 5.75. The molecule has 0 bridgehead atoms. The number of amides is 1. The SMILES string of the molecule is CN(C)C(=O)CCCCCCCc1ccccc1. The van der Waals surface area contributed by atoms with Crippen LogP contribution in [0.5, 0.6) is 0 Å². The topological polar surface area (TPSA) is 20.3 Å². The zero-order valence-corrected chi connectivity index (χ0v) is 11.7. The normalized spacial score (nSPS) is 10.3. The van der Waals surface area contributed by atoms with Crippen molar-refractivity contribution in [3.63, 3.8) is 0 Å². The highest BCUT2D eigenvalue weighted by Gasteiger charge is 2.02. The van der Waals surface area contributed by atoms with E-state index in [0.29, 0.717) is 6.42 Å². The molecule has 0 aliphatic rings. The number of hydrogen-bond donors (Lipinski definition) is 0. The lowest BCUT2D eigenvalue weighted by molar-refractivity contribution is -0.128. The fraction of sp³-hybridized carbons (Fsp3) is 0.562. The predicted octanol–water partition coefficient (Wildman–Crippen LogP) is 3.66. The Hall–Kier alpha value is -1.31. The summed E-state index contributed by atoms with van der Waals surface area (Å²) in [6.07, 6.45) is 7.85. The van der Waals surface area contributed by atoms with Gasteiger partial charge in [0.1, 0.15) is 0 Å². The number of benzene rings is 1. The molecule has 0 unspecified atom stereocenters. The van der Waals surface area contributed by atoms with Crippen molar-refractivity contribution in [1.29, 1.82) is 0 Å². The molecule has 1 amide bonds. The second kappa shape index (κ2) is 8.73. The number of nitrogens with zero attached hydrogens (tertiary/aromatic N) is 1. The first kappa shape index (κ1) is 14.7. The van der Waals surface area contributed by atoms with Crippen LogP contribution in [-0.2, 0) is 11.2 Å². The summed E-state index contributed by atoms with van der Waals surface area (Å²) in [6, 6.07) is 10.6. The number of hydrogen-bond acceptors (Lipinski definition) is 1. The highest BCUT2D eigenvalue weighted by atomic mass is 16.2. The van der Waals surface area contributed by atoms with Crippen LogP contribution in [-0.4, -0.2) is 24.9 Å². The number of aryl methyl sites for hydroxylation is 1. The molecule has 1 rings (SSSR count). The van der Waals surface area contributed by atoms with Gasteiger partial charge in [0.2, 0.25) is 5.91 Å². The molecule has 1 aromatic carbocycles. The van der Waals surface area contributed by atoms with Crippen molar-refractivity contribution in [1.82, 2.24) is 4.90 Å². The molecule has 2 heteroatoms. The second-order valence-corrected chi connectivity index (χ2v) is 5.04. The Morgan fingerprint density at radius 1 is 0.944 bits per heavy atom. The number of carbonyl (C=O) groups is 1. The van der Waals surface area contributed by atoms with Crippen molar-refractivity contribution in [2.24, 2.45) is 0 Å². The lowest BCUT2D eigenvalue weighted by Crippen LogP contribution is -2.20. The van der Waals surface area contributed by atoms with Crippen LogP contribution in [0.25, 0.3) is 0 Å². The van der Waals surface area contributed by atoms with Crippen LogP contribution in [0.15, 0.2) is 30.3 Å². The third-order valence-corrected chi connectivity index (χ3v) is 3.20. The number of carbonyl (C=O) groups excluding carboxylic acids is 1. The number of rotatable bonds is 8. The molecule has 0 N–H and O–H groups in total. The molecule has 0 saturated heterocycles. The van der Waals surface area contributed by atoms with Gasteiger partial charge < -0.3 is 4.90 Å². The van der Waals surface area contributed by atoms with Crippen molar-refractivity contribution in [2.45, 2.75) is 44.9 Å². The first-order chi connectivity index (χ1) is 8.70. The fourth-order valence-electron chi connectivity index (χ4n) is 2.00. The Kier molecular flexibility index (Phi) is 7.16. The molecule has 0 spiro atoms. The van der Waals surface area contributed by atoms with Crippen molar-refractivity contribution < 1.29 is 4.79 Å². The molecular formula is C16H25NO. The smallest absolute Gasteiger partial charge is 0.222 e. The zero-order valence-electron chi connectivity index (χ0n) is 11.7. The molecule has 0 aliphatic carbocycles. The average Bonchev–Trinajstić information content (AvgIpc) is 2.38. The standard InChI is InChI=1S/C16H25NO/c1-17(2)16(18)14-10-5-3-4-7-11-15-12-8-6-9-13-15/h6,8-9,12-13H,3-5,7,10-11,14H2,1-2H3. The molecule has 0 atom stereocenters. The largest absolute Gasteiger partial charge is 0.349 e. The molecule has 100 valence electrons.